The smallest absolute Gasteiger partial charge is 0.220 e. The Morgan fingerprint density at radius 1 is 0.381 bits per heavy atom. The Kier molecular flexibility index (Phi) is 59.8. The Labute approximate surface area is 589 Å². The number of hydrogen-bond donors (Lipinski definition) is 9. The van der Waals surface area contributed by atoms with Crippen molar-refractivity contribution in [1.82, 2.24) is 5.32 Å². The molecule has 2 saturated heterocycles. The molecule has 14 heteroatoms. The van der Waals surface area contributed by atoms with Crippen molar-refractivity contribution in [1.29, 1.82) is 0 Å². The highest BCUT2D eigenvalue weighted by atomic mass is 16.7. The van der Waals surface area contributed by atoms with Crippen molar-refractivity contribution in [2.24, 2.45) is 0 Å². The Hall–Kier alpha value is -4.13. The zero-order valence-corrected chi connectivity index (χ0v) is 60.5. The summed E-state index contributed by atoms with van der Waals surface area (Å²) in [6.07, 6.45) is 81.9. The van der Waals surface area contributed by atoms with Crippen LogP contribution in [-0.4, -0.2) is 140 Å². The quantitative estimate of drug-likeness (QED) is 0.0204. The second-order valence-electron chi connectivity index (χ2n) is 26.4. The maximum absolute atomic E-state index is 13.4. The molecule has 12 atom stereocenters. The van der Waals surface area contributed by atoms with E-state index in [1.54, 1.807) is 6.08 Å². The monoisotopic (exact) mass is 1360 g/mol. The molecule has 0 aromatic heterocycles. The lowest BCUT2D eigenvalue weighted by Crippen LogP contribution is -2.65. The molecule has 0 spiro atoms. The molecule has 2 fully saturated rings. The minimum atomic E-state index is -1.80. The summed E-state index contributed by atoms with van der Waals surface area (Å²) in [7, 11) is 0. The third-order valence-electron chi connectivity index (χ3n) is 17.8. The molecular weight excluding hydrogens is 1220 g/mol. The zero-order chi connectivity index (χ0) is 70.1. The summed E-state index contributed by atoms with van der Waals surface area (Å²) in [4.78, 5) is 13.4. The number of aliphatic hydroxyl groups excluding tert-OH is 8. The van der Waals surface area contributed by atoms with Gasteiger partial charge in [0.05, 0.1) is 32.0 Å². The summed E-state index contributed by atoms with van der Waals surface area (Å²) in [5.74, 6) is -0.267. The van der Waals surface area contributed by atoms with Gasteiger partial charge in [-0.15, -0.1) is 0 Å². The summed E-state index contributed by atoms with van der Waals surface area (Å²) >= 11 is 0. The zero-order valence-electron chi connectivity index (χ0n) is 60.5. The molecule has 1 amide bonds. The Bertz CT molecular complexity index is 2190. The van der Waals surface area contributed by atoms with Crippen LogP contribution in [0.4, 0.5) is 0 Å². The third kappa shape index (κ3) is 48.4. The van der Waals surface area contributed by atoms with Crippen molar-refractivity contribution in [3.63, 3.8) is 0 Å². The van der Waals surface area contributed by atoms with Gasteiger partial charge in [-0.05, 0) is 109 Å². The van der Waals surface area contributed by atoms with E-state index < -0.39 is 86.8 Å². The molecule has 2 rings (SSSR count). The maximum atomic E-state index is 13.4. The molecule has 2 aliphatic rings. The van der Waals surface area contributed by atoms with E-state index in [0.29, 0.717) is 12.8 Å². The molecule has 14 nitrogen and oxygen atoms in total. The lowest BCUT2D eigenvalue weighted by atomic mass is 9.97. The van der Waals surface area contributed by atoms with Crippen LogP contribution in [0.3, 0.4) is 0 Å². The predicted octanol–water partition coefficient (Wildman–Crippen LogP) is 17.2. The number of carbonyl (C=O) groups excluding carboxylic acids is 1. The highest BCUT2D eigenvalue weighted by Gasteiger charge is 2.51. The molecule has 2 heterocycles. The fraction of sp³-hybridized carbons (Fsp3) is 0.699. The predicted molar refractivity (Wildman–Crippen MR) is 401 cm³/mol. The van der Waals surface area contributed by atoms with Crippen LogP contribution in [0.5, 0.6) is 0 Å². The fourth-order valence-corrected chi connectivity index (χ4v) is 11.7. The van der Waals surface area contributed by atoms with E-state index in [-0.39, 0.29) is 18.9 Å². The summed E-state index contributed by atoms with van der Waals surface area (Å²) in [6, 6.07) is -0.953. The van der Waals surface area contributed by atoms with Gasteiger partial charge in [-0.25, -0.2) is 0 Å². The van der Waals surface area contributed by atoms with E-state index >= 15 is 0 Å². The Balaban J connectivity index is 1.68. The van der Waals surface area contributed by atoms with Crippen molar-refractivity contribution < 1.29 is 64.6 Å². The number of nitrogens with one attached hydrogen (secondary N) is 1. The van der Waals surface area contributed by atoms with Gasteiger partial charge in [0.1, 0.15) is 48.8 Å². The van der Waals surface area contributed by atoms with Crippen LogP contribution in [0.15, 0.2) is 146 Å². The second-order valence-corrected chi connectivity index (χ2v) is 26.4. The molecule has 9 N–H and O–H groups in total. The minimum Gasteiger partial charge on any atom is -0.394 e. The van der Waals surface area contributed by atoms with E-state index in [1.807, 2.05) is 6.08 Å². The molecule has 0 aromatic rings. The average molecular weight is 1360 g/mol. The van der Waals surface area contributed by atoms with Gasteiger partial charge in [0.15, 0.2) is 12.6 Å². The van der Waals surface area contributed by atoms with Crippen LogP contribution < -0.4 is 5.32 Å². The van der Waals surface area contributed by atoms with Crippen molar-refractivity contribution >= 4 is 5.91 Å². The third-order valence-corrected chi connectivity index (χ3v) is 17.8. The normalized spacial score (nSPS) is 23.0. The van der Waals surface area contributed by atoms with Gasteiger partial charge in [0.2, 0.25) is 5.91 Å². The lowest BCUT2D eigenvalue weighted by Gasteiger charge is -2.46. The van der Waals surface area contributed by atoms with Crippen LogP contribution in [-0.2, 0) is 23.7 Å². The number of allylic oxidation sites excluding steroid dienone is 23. The molecule has 2 aliphatic heterocycles. The fourth-order valence-electron chi connectivity index (χ4n) is 11.7. The van der Waals surface area contributed by atoms with Crippen LogP contribution in [0.1, 0.15) is 277 Å². The first-order valence-corrected chi connectivity index (χ1v) is 38.6. The molecule has 0 saturated carbocycles. The van der Waals surface area contributed by atoms with Crippen LogP contribution in [0.25, 0.3) is 0 Å². The standard InChI is InChI=1S/C83H139NO13/c1-3-5-7-9-11-13-15-17-19-21-23-25-27-29-31-32-33-34-35-36-37-38-39-40-41-43-45-47-49-51-53-55-57-59-61-63-65-67-75(88)84-71(70-94-82-80(93)78(91)81(74(69-86)96-82)97-83-79(92)77(90)76(89)73(68-85)95-83)72(87)66-64-62-60-58-56-54-52-50-48-46-44-42-30-28-26-24-22-20-18-16-14-12-10-8-6-4-2/h5,7,11,13,17,19,23,25,29,31,33-34,36-37,39-40,43,45,49,51,56,58,64,66,71-74,76-83,85-87,89-93H,3-4,6,8-10,12,14-16,18,20-22,24,26-28,30,32,35,38,41-42,44,46-48,50,52-55,57,59-63,65,67-70H2,1-2H3,(H,84,88)/b7-5-,13-11-,19-17-,25-23-,31-29-,34-33-,37-36-,40-39-,45-43-,51-49-,58-56+,66-64+. The topological polar surface area (TPSA) is 228 Å². The Morgan fingerprint density at radius 3 is 1.13 bits per heavy atom. The van der Waals surface area contributed by atoms with Crippen LogP contribution in [0, 0.1) is 0 Å². The van der Waals surface area contributed by atoms with Gasteiger partial charge in [-0.3, -0.25) is 4.79 Å². The number of carbonyl (C=O) groups is 1. The van der Waals surface area contributed by atoms with Gasteiger partial charge >= 0.3 is 0 Å². The van der Waals surface area contributed by atoms with E-state index in [0.717, 1.165) is 116 Å². The van der Waals surface area contributed by atoms with Crippen molar-refractivity contribution in [3.05, 3.63) is 146 Å². The van der Waals surface area contributed by atoms with Gasteiger partial charge in [0.25, 0.3) is 0 Å². The van der Waals surface area contributed by atoms with E-state index in [2.05, 4.69) is 153 Å². The molecular formula is C83H139NO13. The molecule has 0 aromatic carbocycles. The molecule has 0 radical (unpaired) electrons. The largest absolute Gasteiger partial charge is 0.394 e. The molecule has 0 aliphatic carbocycles. The van der Waals surface area contributed by atoms with Crippen molar-refractivity contribution in [2.75, 3.05) is 19.8 Å². The first kappa shape index (κ1) is 89.0. The van der Waals surface area contributed by atoms with Gasteiger partial charge < -0.3 is 65.1 Å². The van der Waals surface area contributed by atoms with Gasteiger partial charge in [-0.2, -0.15) is 0 Å². The van der Waals surface area contributed by atoms with Crippen molar-refractivity contribution in [3.8, 4) is 0 Å². The highest BCUT2D eigenvalue weighted by Crippen LogP contribution is 2.30. The van der Waals surface area contributed by atoms with Crippen LogP contribution >= 0.6 is 0 Å². The number of aliphatic hydroxyl groups is 8. The number of ether oxygens (including phenoxy) is 4. The maximum Gasteiger partial charge on any atom is 0.220 e. The number of amides is 1. The van der Waals surface area contributed by atoms with Crippen molar-refractivity contribution in [2.45, 2.75) is 351 Å². The second kappa shape index (κ2) is 65.2. The van der Waals surface area contributed by atoms with Gasteiger partial charge in [0, 0.05) is 6.42 Å². The number of rotatable bonds is 62. The Morgan fingerprint density at radius 2 is 0.722 bits per heavy atom. The number of unbranched alkanes of at least 4 members (excludes halogenated alkanes) is 27. The summed E-state index contributed by atoms with van der Waals surface area (Å²) < 4.78 is 22.9. The summed E-state index contributed by atoms with van der Waals surface area (Å²) in [6.45, 7) is 2.67. The SMILES string of the molecule is CC/C=C\C/C=C\C/C=C\C/C=C\C/C=C\C/C=C\C/C=C\C/C=C\C/C=C\C/C=C\CCCCCCCCC(=O)NC(COC1OC(CO)C(OC2OC(CO)C(O)C(O)C2O)C(O)C1O)C(O)/C=C/CC/C=C/CCCCCCCCCCCCCCCCCCCCCC. The van der Waals surface area contributed by atoms with Crippen LogP contribution in [0.2, 0.25) is 0 Å². The number of hydrogen-bond acceptors (Lipinski definition) is 13. The first-order valence-electron chi connectivity index (χ1n) is 38.6. The molecule has 97 heavy (non-hydrogen) atoms. The van der Waals surface area contributed by atoms with Gasteiger partial charge in [-0.1, -0.05) is 307 Å². The minimum absolute atomic E-state index is 0.247. The van der Waals surface area contributed by atoms with E-state index in [4.69, 9.17) is 18.9 Å². The van der Waals surface area contributed by atoms with E-state index in [9.17, 15) is 45.6 Å². The molecule has 554 valence electrons. The summed E-state index contributed by atoms with van der Waals surface area (Å²) in [5, 5.41) is 87.6. The average Bonchev–Trinajstić information content (AvgIpc) is 0.794. The molecule has 0 bridgehead atoms. The molecule has 12 unspecified atom stereocenters. The summed E-state index contributed by atoms with van der Waals surface area (Å²) in [5.41, 5.74) is 0. The van der Waals surface area contributed by atoms with E-state index in [1.165, 1.54) is 128 Å². The highest BCUT2D eigenvalue weighted by molar-refractivity contribution is 5.76. The first-order chi connectivity index (χ1) is 47.6. The lowest BCUT2D eigenvalue weighted by molar-refractivity contribution is -0.359.